The van der Waals surface area contributed by atoms with Crippen molar-refractivity contribution in [3.63, 3.8) is 0 Å². The van der Waals surface area contributed by atoms with Gasteiger partial charge in [0.1, 0.15) is 0 Å². The van der Waals surface area contributed by atoms with E-state index < -0.39 is 0 Å². The van der Waals surface area contributed by atoms with Crippen molar-refractivity contribution in [2.75, 3.05) is 27.6 Å². The summed E-state index contributed by atoms with van der Waals surface area (Å²) in [5.74, 6) is 3.22. The van der Waals surface area contributed by atoms with E-state index in [-0.39, 0.29) is 6.04 Å². The Labute approximate surface area is 141 Å². The van der Waals surface area contributed by atoms with Gasteiger partial charge in [-0.15, -0.1) is 0 Å². The van der Waals surface area contributed by atoms with Crippen LogP contribution in [0.1, 0.15) is 22.7 Å². The van der Waals surface area contributed by atoms with Gasteiger partial charge in [0.2, 0.25) is 6.79 Å². The Balaban J connectivity index is 1.63. The van der Waals surface area contributed by atoms with Crippen LogP contribution in [0.25, 0.3) is 0 Å². The minimum atomic E-state index is 0.251. The third-order valence-electron chi connectivity index (χ3n) is 4.68. The van der Waals surface area contributed by atoms with E-state index in [0.29, 0.717) is 6.79 Å². The van der Waals surface area contributed by atoms with E-state index in [1.54, 1.807) is 14.2 Å². The topological polar surface area (TPSA) is 49.0 Å². The van der Waals surface area contributed by atoms with Gasteiger partial charge in [-0.1, -0.05) is 6.07 Å². The van der Waals surface area contributed by atoms with E-state index in [1.165, 1.54) is 16.7 Å². The SMILES string of the molecule is COc1ccc(C[C@@H]2NCCc3cc4c(cc32)OCO4)cc1OC. The first kappa shape index (κ1) is 15.1. The smallest absolute Gasteiger partial charge is 0.231 e. The third-order valence-corrected chi connectivity index (χ3v) is 4.68. The Morgan fingerprint density at radius 1 is 1.04 bits per heavy atom. The van der Waals surface area contributed by atoms with Gasteiger partial charge in [-0.05, 0) is 60.3 Å². The van der Waals surface area contributed by atoms with Gasteiger partial charge in [0, 0.05) is 6.04 Å². The summed E-state index contributed by atoms with van der Waals surface area (Å²) in [6.07, 6.45) is 1.89. The van der Waals surface area contributed by atoms with Crippen LogP contribution in [0.4, 0.5) is 0 Å². The number of benzene rings is 2. The Morgan fingerprint density at radius 2 is 1.83 bits per heavy atom. The molecule has 0 spiro atoms. The fraction of sp³-hybridized carbons (Fsp3) is 0.368. The van der Waals surface area contributed by atoms with Crippen molar-refractivity contribution in [1.29, 1.82) is 0 Å². The lowest BCUT2D eigenvalue weighted by Crippen LogP contribution is -2.31. The molecule has 5 nitrogen and oxygen atoms in total. The summed E-state index contributed by atoms with van der Waals surface area (Å²) < 4.78 is 21.8. The highest BCUT2D eigenvalue weighted by Crippen LogP contribution is 2.39. The van der Waals surface area contributed by atoms with Crippen molar-refractivity contribution in [3.05, 3.63) is 47.0 Å². The zero-order valence-electron chi connectivity index (χ0n) is 13.9. The molecule has 1 atom stereocenters. The normalized spacial score (nSPS) is 18.2. The fourth-order valence-corrected chi connectivity index (χ4v) is 3.46. The first-order valence-electron chi connectivity index (χ1n) is 8.15. The van der Waals surface area contributed by atoms with Gasteiger partial charge >= 0.3 is 0 Å². The van der Waals surface area contributed by atoms with Gasteiger partial charge in [0.25, 0.3) is 0 Å². The molecule has 2 aromatic rings. The van der Waals surface area contributed by atoms with Crippen molar-refractivity contribution in [1.82, 2.24) is 5.32 Å². The van der Waals surface area contributed by atoms with Crippen molar-refractivity contribution in [2.45, 2.75) is 18.9 Å². The summed E-state index contributed by atoms with van der Waals surface area (Å²) >= 11 is 0. The van der Waals surface area contributed by atoms with Gasteiger partial charge in [0.15, 0.2) is 23.0 Å². The lowest BCUT2D eigenvalue weighted by molar-refractivity contribution is 0.174. The summed E-state index contributed by atoms with van der Waals surface area (Å²) in [4.78, 5) is 0. The summed E-state index contributed by atoms with van der Waals surface area (Å²) in [6, 6.07) is 10.6. The second-order valence-electron chi connectivity index (χ2n) is 6.05. The molecule has 2 aliphatic heterocycles. The molecule has 2 heterocycles. The maximum Gasteiger partial charge on any atom is 0.231 e. The number of methoxy groups -OCH3 is 2. The van der Waals surface area contributed by atoms with Gasteiger partial charge in [-0.25, -0.2) is 0 Å². The average Bonchev–Trinajstić information content (AvgIpc) is 3.07. The van der Waals surface area contributed by atoms with E-state index in [2.05, 4.69) is 23.5 Å². The molecule has 0 fully saturated rings. The van der Waals surface area contributed by atoms with E-state index in [1.807, 2.05) is 12.1 Å². The number of fused-ring (bicyclic) bond motifs is 2. The summed E-state index contributed by atoms with van der Waals surface area (Å²) in [6.45, 7) is 1.27. The van der Waals surface area contributed by atoms with E-state index in [4.69, 9.17) is 18.9 Å². The third kappa shape index (κ3) is 2.65. The number of hydrogen-bond acceptors (Lipinski definition) is 5. The first-order valence-corrected chi connectivity index (χ1v) is 8.15. The Morgan fingerprint density at radius 3 is 2.62 bits per heavy atom. The molecule has 0 radical (unpaired) electrons. The lowest BCUT2D eigenvalue weighted by atomic mass is 9.90. The molecule has 5 heteroatoms. The maximum absolute atomic E-state index is 5.54. The second kappa shape index (κ2) is 6.24. The Bertz CT molecular complexity index is 759. The van der Waals surface area contributed by atoms with Crippen molar-refractivity contribution in [3.8, 4) is 23.0 Å². The van der Waals surface area contributed by atoms with Crippen molar-refractivity contribution in [2.24, 2.45) is 0 Å². The molecule has 0 bridgehead atoms. The van der Waals surface area contributed by atoms with Gasteiger partial charge in [-0.3, -0.25) is 0 Å². The van der Waals surface area contributed by atoms with Crippen LogP contribution < -0.4 is 24.3 Å². The molecule has 0 saturated heterocycles. The quantitative estimate of drug-likeness (QED) is 0.936. The molecule has 126 valence electrons. The van der Waals surface area contributed by atoms with Crippen LogP contribution in [0.3, 0.4) is 0 Å². The molecule has 1 N–H and O–H groups in total. The van der Waals surface area contributed by atoms with E-state index >= 15 is 0 Å². The minimum Gasteiger partial charge on any atom is -0.493 e. The summed E-state index contributed by atoms with van der Waals surface area (Å²) in [7, 11) is 3.32. The van der Waals surface area contributed by atoms with Gasteiger partial charge in [-0.2, -0.15) is 0 Å². The van der Waals surface area contributed by atoms with Crippen LogP contribution >= 0.6 is 0 Å². The predicted molar refractivity (Wildman–Crippen MR) is 90.3 cm³/mol. The molecule has 0 aromatic heterocycles. The number of ether oxygens (including phenoxy) is 4. The van der Waals surface area contributed by atoms with Crippen LogP contribution in [0.5, 0.6) is 23.0 Å². The Kier molecular flexibility index (Phi) is 3.94. The van der Waals surface area contributed by atoms with Crippen LogP contribution in [0, 0.1) is 0 Å². The molecule has 0 amide bonds. The van der Waals surface area contributed by atoms with Crippen LogP contribution in [0.15, 0.2) is 30.3 Å². The molecule has 0 unspecified atom stereocenters. The molecule has 24 heavy (non-hydrogen) atoms. The van der Waals surface area contributed by atoms with Crippen LogP contribution in [0.2, 0.25) is 0 Å². The Hall–Kier alpha value is -2.40. The van der Waals surface area contributed by atoms with Crippen molar-refractivity contribution >= 4 is 0 Å². The average molecular weight is 327 g/mol. The maximum atomic E-state index is 5.54. The monoisotopic (exact) mass is 327 g/mol. The molecular weight excluding hydrogens is 306 g/mol. The number of hydrogen-bond donors (Lipinski definition) is 1. The molecule has 0 saturated carbocycles. The lowest BCUT2D eigenvalue weighted by Gasteiger charge is -2.27. The largest absolute Gasteiger partial charge is 0.493 e. The van der Waals surface area contributed by atoms with Crippen LogP contribution in [-0.2, 0) is 12.8 Å². The zero-order valence-corrected chi connectivity index (χ0v) is 13.9. The summed E-state index contributed by atoms with van der Waals surface area (Å²) in [5.41, 5.74) is 3.83. The van der Waals surface area contributed by atoms with E-state index in [0.717, 1.165) is 42.4 Å². The second-order valence-corrected chi connectivity index (χ2v) is 6.05. The fourth-order valence-electron chi connectivity index (χ4n) is 3.46. The molecular formula is C19H21NO4. The van der Waals surface area contributed by atoms with Gasteiger partial charge < -0.3 is 24.3 Å². The van der Waals surface area contributed by atoms with Crippen LogP contribution in [-0.4, -0.2) is 27.6 Å². The van der Waals surface area contributed by atoms with Crippen molar-refractivity contribution < 1.29 is 18.9 Å². The highest BCUT2D eigenvalue weighted by atomic mass is 16.7. The van der Waals surface area contributed by atoms with Gasteiger partial charge in [0.05, 0.1) is 14.2 Å². The summed E-state index contributed by atoms with van der Waals surface area (Å²) in [5, 5.41) is 3.61. The molecule has 0 aliphatic carbocycles. The molecule has 4 rings (SSSR count). The zero-order chi connectivity index (χ0) is 16.5. The molecule has 2 aromatic carbocycles. The number of rotatable bonds is 4. The highest BCUT2D eigenvalue weighted by molar-refractivity contribution is 5.51. The highest BCUT2D eigenvalue weighted by Gasteiger charge is 2.25. The standard InChI is InChI=1S/C19H21NO4/c1-21-16-4-3-12(8-17(16)22-2)7-15-14-10-19-18(23-11-24-19)9-13(14)5-6-20-15/h3-4,8-10,15,20H,5-7,11H2,1-2H3/t15-/m0/s1. The molecule has 2 aliphatic rings. The first-order chi connectivity index (χ1) is 11.8. The number of nitrogens with one attached hydrogen (secondary N) is 1. The van der Waals surface area contributed by atoms with E-state index in [9.17, 15) is 0 Å². The minimum absolute atomic E-state index is 0.251. The predicted octanol–water partition coefficient (Wildman–Crippen LogP) is 2.86.